The number of benzene rings is 1. The third-order valence-corrected chi connectivity index (χ3v) is 3.51. The lowest BCUT2D eigenvalue weighted by Gasteiger charge is -2.29. The highest BCUT2D eigenvalue weighted by Gasteiger charge is 2.28. The Morgan fingerprint density at radius 3 is 2.65 bits per heavy atom. The van der Waals surface area contributed by atoms with Gasteiger partial charge < -0.3 is 10.0 Å². The third-order valence-electron chi connectivity index (χ3n) is 3.51. The number of carboxylic acids is 1. The second kappa shape index (κ2) is 4.78. The Morgan fingerprint density at radius 1 is 1.41 bits per heavy atom. The lowest BCUT2D eigenvalue weighted by molar-refractivity contribution is -0.137. The fourth-order valence-electron chi connectivity index (χ4n) is 2.80. The summed E-state index contributed by atoms with van der Waals surface area (Å²) >= 11 is 0. The van der Waals surface area contributed by atoms with E-state index in [0.29, 0.717) is 0 Å². The maximum Gasteiger partial charge on any atom is 0.305 e. The molecule has 1 saturated heterocycles. The smallest absolute Gasteiger partial charge is 0.305 e. The number of hydrogen-bond donors (Lipinski definition) is 1. The van der Waals surface area contributed by atoms with Crippen molar-refractivity contribution in [3.8, 4) is 0 Å². The van der Waals surface area contributed by atoms with Crippen molar-refractivity contribution in [3.63, 3.8) is 0 Å². The largest absolute Gasteiger partial charge is 0.481 e. The maximum atomic E-state index is 10.9. The van der Waals surface area contributed by atoms with Crippen molar-refractivity contribution in [3.05, 3.63) is 29.3 Å². The maximum absolute atomic E-state index is 10.9. The Balaban J connectivity index is 2.29. The minimum absolute atomic E-state index is 0.160. The first kappa shape index (κ1) is 12.0. The van der Waals surface area contributed by atoms with E-state index in [2.05, 4.69) is 36.9 Å². The monoisotopic (exact) mass is 233 g/mol. The topological polar surface area (TPSA) is 40.5 Å². The van der Waals surface area contributed by atoms with Gasteiger partial charge in [-0.05, 0) is 37.8 Å². The minimum Gasteiger partial charge on any atom is -0.481 e. The molecule has 0 radical (unpaired) electrons. The van der Waals surface area contributed by atoms with Gasteiger partial charge in [0.1, 0.15) is 0 Å². The van der Waals surface area contributed by atoms with Gasteiger partial charge in [0.25, 0.3) is 0 Å². The molecule has 1 N–H and O–H groups in total. The number of carboxylic acid groups (broad SMARTS) is 1. The molecular weight excluding hydrogens is 214 g/mol. The molecule has 3 heteroatoms. The Labute approximate surface area is 102 Å². The molecule has 0 spiro atoms. The van der Waals surface area contributed by atoms with Gasteiger partial charge in [-0.3, -0.25) is 4.79 Å². The molecule has 1 aromatic rings. The number of aliphatic carboxylic acids is 1. The van der Waals surface area contributed by atoms with E-state index in [1.54, 1.807) is 0 Å². The second-order valence-corrected chi connectivity index (χ2v) is 4.83. The Kier molecular flexibility index (Phi) is 3.36. The summed E-state index contributed by atoms with van der Waals surface area (Å²) in [6, 6.07) is 6.40. The molecule has 1 aromatic carbocycles. The number of nitrogens with zero attached hydrogens (tertiary/aromatic N) is 1. The van der Waals surface area contributed by atoms with Gasteiger partial charge in [-0.1, -0.05) is 18.2 Å². The lowest BCUT2D eigenvalue weighted by atomic mass is 10.1. The number of aryl methyl sites for hydroxylation is 2. The summed E-state index contributed by atoms with van der Waals surface area (Å²) < 4.78 is 0. The van der Waals surface area contributed by atoms with E-state index < -0.39 is 5.97 Å². The Hall–Kier alpha value is -1.51. The average molecular weight is 233 g/mol. The molecule has 17 heavy (non-hydrogen) atoms. The summed E-state index contributed by atoms with van der Waals surface area (Å²) in [6.45, 7) is 5.17. The van der Waals surface area contributed by atoms with Crippen LogP contribution in [0.25, 0.3) is 0 Å². The quantitative estimate of drug-likeness (QED) is 0.872. The van der Waals surface area contributed by atoms with Gasteiger partial charge in [0.15, 0.2) is 0 Å². The first-order valence-corrected chi connectivity index (χ1v) is 6.14. The van der Waals surface area contributed by atoms with E-state index in [0.717, 1.165) is 19.4 Å². The van der Waals surface area contributed by atoms with Crippen LogP contribution in [-0.4, -0.2) is 23.7 Å². The number of anilines is 1. The summed E-state index contributed by atoms with van der Waals surface area (Å²) in [4.78, 5) is 13.2. The minimum atomic E-state index is -0.701. The molecule has 0 bridgehead atoms. The fraction of sp³-hybridized carbons (Fsp3) is 0.500. The summed E-state index contributed by atoms with van der Waals surface area (Å²) in [5.74, 6) is -0.701. The van der Waals surface area contributed by atoms with Gasteiger partial charge in [-0.25, -0.2) is 0 Å². The summed E-state index contributed by atoms with van der Waals surface area (Å²) in [7, 11) is 0. The van der Waals surface area contributed by atoms with Crippen LogP contribution in [0.1, 0.15) is 30.4 Å². The number of para-hydroxylation sites is 1. The van der Waals surface area contributed by atoms with E-state index in [1.807, 2.05) is 0 Å². The third kappa shape index (κ3) is 2.43. The molecular formula is C14H19NO2. The predicted octanol–water partition coefficient (Wildman–Crippen LogP) is 2.75. The van der Waals surface area contributed by atoms with Crippen molar-refractivity contribution in [2.45, 2.75) is 39.2 Å². The number of carbonyl (C=O) groups is 1. The van der Waals surface area contributed by atoms with Gasteiger partial charge >= 0.3 is 5.97 Å². The predicted molar refractivity (Wildman–Crippen MR) is 68.5 cm³/mol. The van der Waals surface area contributed by atoms with Crippen molar-refractivity contribution >= 4 is 11.7 Å². The van der Waals surface area contributed by atoms with Crippen molar-refractivity contribution in [1.82, 2.24) is 0 Å². The zero-order chi connectivity index (χ0) is 12.4. The average Bonchev–Trinajstić information content (AvgIpc) is 2.65. The molecule has 2 rings (SSSR count). The zero-order valence-corrected chi connectivity index (χ0v) is 10.4. The van der Waals surface area contributed by atoms with Gasteiger partial charge in [0.2, 0.25) is 0 Å². The van der Waals surface area contributed by atoms with Crippen LogP contribution >= 0.6 is 0 Å². The summed E-state index contributed by atoms with van der Waals surface area (Å²) in [6.07, 6.45) is 2.32. The summed E-state index contributed by atoms with van der Waals surface area (Å²) in [5, 5.41) is 8.95. The highest BCUT2D eigenvalue weighted by Crippen LogP contribution is 2.32. The van der Waals surface area contributed by atoms with Crippen LogP contribution in [-0.2, 0) is 4.79 Å². The molecule has 1 aliphatic rings. The SMILES string of the molecule is Cc1cccc(C)c1N1CCCC1CC(=O)O. The Morgan fingerprint density at radius 2 is 2.06 bits per heavy atom. The molecule has 1 atom stereocenters. The molecule has 1 fully saturated rings. The van der Waals surface area contributed by atoms with Crippen LogP contribution in [0.4, 0.5) is 5.69 Å². The van der Waals surface area contributed by atoms with Gasteiger partial charge in [-0.2, -0.15) is 0 Å². The lowest BCUT2D eigenvalue weighted by Crippen LogP contribution is -2.32. The molecule has 1 aliphatic heterocycles. The van der Waals surface area contributed by atoms with Crippen molar-refractivity contribution < 1.29 is 9.90 Å². The van der Waals surface area contributed by atoms with E-state index >= 15 is 0 Å². The van der Waals surface area contributed by atoms with Crippen LogP contribution in [0.3, 0.4) is 0 Å². The fourth-order valence-corrected chi connectivity index (χ4v) is 2.80. The van der Waals surface area contributed by atoms with Gasteiger partial charge in [0.05, 0.1) is 6.42 Å². The molecule has 1 heterocycles. The van der Waals surface area contributed by atoms with Crippen LogP contribution in [0, 0.1) is 13.8 Å². The summed E-state index contributed by atoms with van der Waals surface area (Å²) in [5.41, 5.74) is 3.71. The van der Waals surface area contributed by atoms with Crippen molar-refractivity contribution in [2.75, 3.05) is 11.4 Å². The van der Waals surface area contributed by atoms with Crippen LogP contribution in [0.15, 0.2) is 18.2 Å². The van der Waals surface area contributed by atoms with Gasteiger partial charge in [-0.15, -0.1) is 0 Å². The van der Waals surface area contributed by atoms with Crippen LogP contribution in [0.2, 0.25) is 0 Å². The molecule has 0 aromatic heterocycles. The second-order valence-electron chi connectivity index (χ2n) is 4.83. The zero-order valence-electron chi connectivity index (χ0n) is 10.4. The molecule has 0 saturated carbocycles. The van der Waals surface area contributed by atoms with E-state index in [4.69, 9.17) is 5.11 Å². The van der Waals surface area contributed by atoms with Crippen LogP contribution < -0.4 is 4.90 Å². The van der Waals surface area contributed by atoms with Crippen LogP contribution in [0.5, 0.6) is 0 Å². The standard InChI is InChI=1S/C14H19NO2/c1-10-5-3-6-11(2)14(10)15-8-4-7-12(15)9-13(16)17/h3,5-6,12H,4,7-9H2,1-2H3,(H,16,17). The Bertz CT molecular complexity index is 408. The first-order chi connectivity index (χ1) is 8.09. The molecule has 1 unspecified atom stereocenters. The molecule has 0 aliphatic carbocycles. The number of hydrogen-bond acceptors (Lipinski definition) is 2. The molecule has 92 valence electrons. The van der Waals surface area contributed by atoms with Gasteiger partial charge in [0, 0.05) is 18.3 Å². The van der Waals surface area contributed by atoms with Crippen molar-refractivity contribution in [1.29, 1.82) is 0 Å². The number of rotatable bonds is 3. The van der Waals surface area contributed by atoms with E-state index in [-0.39, 0.29) is 12.5 Å². The van der Waals surface area contributed by atoms with E-state index in [1.165, 1.54) is 16.8 Å². The van der Waals surface area contributed by atoms with Crippen molar-refractivity contribution in [2.24, 2.45) is 0 Å². The normalized spacial score (nSPS) is 19.6. The highest BCUT2D eigenvalue weighted by molar-refractivity contribution is 5.69. The molecule has 3 nitrogen and oxygen atoms in total. The highest BCUT2D eigenvalue weighted by atomic mass is 16.4. The first-order valence-electron chi connectivity index (χ1n) is 6.14. The molecule has 0 amide bonds. The van der Waals surface area contributed by atoms with E-state index in [9.17, 15) is 4.79 Å².